The molecule has 0 spiro atoms. The number of nitrogens with one attached hydrogen (secondary N) is 2. The summed E-state index contributed by atoms with van der Waals surface area (Å²) >= 11 is 11.9. The van der Waals surface area contributed by atoms with Gasteiger partial charge in [0, 0.05) is 22.3 Å². The van der Waals surface area contributed by atoms with Crippen LogP contribution in [0.2, 0.25) is 10.0 Å². The van der Waals surface area contributed by atoms with Crippen molar-refractivity contribution >= 4 is 40.7 Å². The number of amides is 2. The summed E-state index contributed by atoms with van der Waals surface area (Å²) in [5.74, 6) is -0.542. The molecule has 0 unspecified atom stereocenters. The van der Waals surface area contributed by atoms with Gasteiger partial charge in [-0.05, 0) is 55.2 Å². The van der Waals surface area contributed by atoms with Gasteiger partial charge in [0.15, 0.2) is 0 Å². The van der Waals surface area contributed by atoms with Gasteiger partial charge in [0.2, 0.25) is 11.8 Å². The Labute approximate surface area is 156 Å². The Kier molecular flexibility index (Phi) is 5.02. The minimum atomic E-state index is -0.982. The van der Waals surface area contributed by atoms with Crippen LogP contribution in [0.25, 0.3) is 0 Å². The number of hydrogen-bond acceptors (Lipinski definition) is 2. The van der Waals surface area contributed by atoms with Crippen molar-refractivity contribution in [2.45, 2.75) is 26.3 Å². The lowest BCUT2D eigenvalue weighted by atomic mass is 10.0. The van der Waals surface area contributed by atoms with Gasteiger partial charge in [-0.1, -0.05) is 41.4 Å². The Balaban J connectivity index is 1.62. The van der Waals surface area contributed by atoms with Crippen LogP contribution in [0.3, 0.4) is 0 Å². The van der Waals surface area contributed by atoms with Crippen molar-refractivity contribution in [1.82, 2.24) is 5.32 Å². The van der Waals surface area contributed by atoms with Crippen molar-refractivity contribution in [1.29, 1.82) is 0 Å². The highest BCUT2D eigenvalue weighted by Crippen LogP contribution is 2.47. The molecule has 0 aromatic heterocycles. The van der Waals surface area contributed by atoms with Crippen molar-refractivity contribution < 1.29 is 9.59 Å². The van der Waals surface area contributed by atoms with Crippen LogP contribution < -0.4 is 10.6 Å². The average Bonchev–Trinajstić information content (AvgIpc) is 3.39. The second-order valence-electron chi connectivity index (χ2n) is 6.31. The molecule has 4 nitrogen and oxygen atoms in total. The second-order valence-corrected chi connectivity index (χ2v) is 7.15. The smallest absolute Gasteiger partial charge is 0.240 e. The van der Waals surface area contributed by atoms with Gasteiger partial charge in [0.05, 0.1) is 0 Å². The van der Waals surface area contributed by atoms with E-state index in [0.29, 0.717) is 35.1 Å². The molecule has 1 aliphatic rings. The first kappa shape index (κ1) is 17.8. The van der Waals surface area contributed by atoms with Crippen molar-refractivity contribution in [3.8, 4) is 0 Å². The van der Waals surface area contributed by atoms with Crippen LogP contribution in [0.5, 0.6) is 0 Å². The molecule has 1 aliphatic carbocycles. The van der Waals surface area contributed by atoms with E-state index in [4.69, 9.17) is 23.2 Å². The maximum absolute atomic E-state index is 12.6. The zero-order valence-electron chi connectivity index (χ0n) is 13.7. The van der Waals surface area contributed by atoms with Crippen LogP contribution in [-0.4, -0.2) is 11.8 Å². The maximum atomic E-state index is 12.6. The van der Waals surface area contributed by atoms with Crippen LogP contribution in [0, 0.1) is 12.3 Å². The van der Waals surface area contributed by atoms with Crippen molar-refractivity contribution in [2.24, 2.45) is 5.41 Å². The molecular weight excluding hydrogens is 359 g/mol. The van der Waals surface area contributed by atoms with E-state index in [-0.39, 0.29) is 11.8 Å². The number of rotatable bonds is 5. The summed E-state index contributed by atoms with van der Waals surface area (Å²) < 4.78 is 0. The third-order valence-corrected chi connectivity index (χ3v) is 5.07. The number of carbonyl (C=O) groups excluding carboxylic acids is 2. The van der Waals surface area contributed by atoms with Crippen molar-refractivity contribution in [3.05, 3.63) is 63.6 Å². The van der Waals surface area contributed by atoms with Gasteiger partial charge >= 0.3 is 0 Å². The molecule has 1 fully saturated rings. The second kappa shape index (κ2) is 7.06. The lowest BCUT2D eigenvalue weighted by molar-refractivity contribution is -0.134. The minimum absolute atomic E-state index is 0.252. The van der Waals surface area contributed by atoms with E-state index in [0.717, 1.165) is 11.1 Å². The first-order valence-electron chi connectivity index (χ1n) is 8.01. The van der Waals surface area contributed by atoms with E-state index in [1.165, 1.54) is 0 Å². The highest BCUT2D eigenvalue weighted by atomic mass is 35.5. The van der Waals surface area contributed by atoms with Crippen molar-refractivity contribution in [2.75, 3.05) is 5.32 Å². The zero-order valence-corrected chi connectivity index (χ0v) is 15.2. The summed E-state index contributed by atoms with van der Waals surface area (Å²) in [6.45, 7) is 2.25. The number of benzene rings is 2. The summed E-state index contributed by atoms with van der Waals surface area (Å²) in [5, 5.41) is 6.86. The summed E-state index contributed by atoms with van der Waals surface area (Å²) in [6.07, 6.45) is 1.09. The summed E-state index contributed by atoms with van der Waals surface area (Å²) in [4.78, 5) is 25.1. The molecule has 2 aromatic carbocycles. The number of aryl methyl sites for hydroxylation is 1. The number of halogens is 2. The first-order chi connectivity index (χ1) is 11.9. The standard InChI is InChI=1S/C19H18Cl2N2O2/c1-12-2-7-15(10-16(12)21)23-18(25)19(8-9-19)17(24)22-11-13-3-5-14(20)6-4-13/h2-7,10H,8-9,11H2,1H3,(H,22,24)(H,23,25). The lowest BCUT2D eigenvalue weighted by Gasteiger charge is -2.16. The highest BCUT2D eigenvalue weighted by molar-refractivity contribution is 6.31. The van der Waals surface area contributed by atoms with E-state index in [1.807, 2.05) is 25.1 Å². The molecule has 0 atom stereocenters. The molecule has 0 heterocycles. The van der Waals surface area contributed by atoms with Gasteiger partial charge in [-0.3, -0.25) is 9.59 Å². The van der Waals surface area contributed by atoms with Gasteiger partial charge in [-0.2, -0.15) is 0 Å². The molecule has 3 rings (SSSR count). The third kappa shape index (κ3) is 3.97. The Hall–Kier alpha value is -2.04. The molecule has 6 heteroatoms. The van der Waals surface area contributed by atoms with Crippen LogP contribution in [0.15, 0.2) is 42.5 Å². The minimum Gasteiger partial charge on any atom is -0.351 e. The molecule has 130 valence electrons. The molecule has 2 N–H and O–H groups in total. The van der Waals surface area contributed by atoms with Crippen LogP contribution in [-0.2, 0) is 16.1 Å². The lowest BCUT2D eigenvalue weighted by Crippen LogP contribution is -2.39. The Bertz CT molecular complexity index is 815. The molecule has 0 radical (unpaired) electrons. The van der Waals surface area contributed by atoms with Crippen LogP contribution in [0.4, 0.5) is 5.69 Å². The Morgan fingerprint density at radius 1 is 1.04 bits per heavy atom. The fourth-order valence-electron chi connectivity index (χ4n) is 2.56. The molecule has 25 heavy (non-hydrogen) atoms. The van der Waals surface area contributed by atoms with Gasteiger partial charge in [0.1, 0.15) is 5.41 Å². The largest absolute Gasteiger partial charge is 0.351 e. The molecule has 2 amide bonds. The van der Waals surface area contributed by atoms with E-state index in [9.17, 15) is 9.59 Å². The zero-order chi connectivity index (χ0) is 18.0. The summed E-state index contributed by atoms with van der Waals surface area (Å²) in [5.41, 5.74) is 1.47. The van der Waals surface area contributed by atoms with E-state index >= 15 is 0 Å². The van der Waals surface area contributed by atoms with Crippen molar-refractivity contribution in [3.63, 3.8) is 0 Å². The quantitative estimate of drug-likeness (QED) is 0.762. The molecule has 2 aromatic rings. The molecule has 0 saturated heterocycles. The fraction of sp³-hybridized carbons (Fsp3) is 0.263. The first-order valence-corrected chi connectivity index (χ1v) is 8.77. The SMILES string of the molecule is Cc1ccc(NC(=O)C2(C(=O)NCc3ccc(Cl)cc3)CC2)cc1Cl. The molecular formula is C19H18Cl2N2O2. The normalized spacial score (nSPS) is 14.7. The molecule has 0 bridgehead atoms. The Morgan fingerprint density at radius 3 is 2.32 bits per heavy atom. The maximum Gasteiger partial charge on any atom is 0.240 e. The number of anilines is 1. The van der Waals surface area contributed by atoms with Crippen LogP contribution in [0.1, 0.15) is 24.0 Å². The van der Waals surface area contributed by atoms with Crippen LogP contribution >= 0.6 is 23.2 Å². The third-order valence-electron chi connectivity index (χ3n) is 4.42. The Morgan fingerprint density at radius 2 is 1.72 bits per heavy atom. The van der Waals surface area contributed by atoms with Gasteiger partial charge in [0.25, 0.3) is 0 Å². The van der Waals surface area contributed by atoms with Gasteiger partial charge < -0.3 is 10.6 Å². The van der Waals surface area contributed by atoms with E-state index < -0.39 is 5.41 Å². The average molecular weight is 377 g/mol. The number of hydrogen-bond donors (Lipinski definition) is 2. The van der Waals surface area contributed by atoms with Gasteiger partial charge in [-0.15, -0.1) is 0 Å². The topological polar surface area (TPSA) is 58.2 Å². The summed E-state index contributed by atoms with van der Waals surface area (Å²) in [6, 6.07) is 12.5. The highest BCUT2D eigenvalue weighted by Gasteiger charge is 2.56. The summed E-state index contributed by atoms with van der Waals surface area (Å²) in [7, 11) is 0. The number of carbonyl (C=O) groups is 2. The van der Waals surface area contributed by atoms with E-state index in [2.05, 4.69) is 10.6 Å². The van der Waals surface area contributed by atoms with E-state index in [1.54, 1.807) is 24.3 Å². The van der Waals surface area contributed by atoms with Gasteiger partial charge in [-0.25, -0.2) is 0 Å². The molecule has 1 saturated carbocycles. The predicted molar refractivity (Wildman–Crippen MR) is 99.8 cm³/mol. The monoisotopic (exact) mass is 376 g/mol. The predicted octanol–water partition coefficient (Wildman–Crippen LogP) is 4.34. The molecule has 0 aliphatic heterocycles. The fourth-order valence-corrected chi connectivity index (χ4v) is 2.86.